The van der Waals surface area contributed by atoms with Crippen molar-refractivity contribution in [3.63, 3.8) is 0 Å². The fourth-order valence-electron chi connectivity index (χ4n) is 3.91. The van der Waals surface area contributed by atoms with Crippen LogP contribution in [0.1, 0.15) is 55.1 Å². The van der Waals surface area contributed by atoms with E-state index in [0.717, 1.165) is 0 Å². The molecule has 1 amide bonds. The number of amides is 1. The maximum absolute atomic E-state index is 13.4. The van der Waals surface area contributed by atoms with Crippen LogP contribution in [0.15, 0.2) is 47.1 Å². The molecule has 3 rings (SSSR count). The molecule has 7 nitrogen and oxygen atoms in total. The Hall–Kier alpha value is -3.32. The van der Waals surface area contributed by atoms with E-state index in [2.05, 4.69) is 0 Å². The summed E-state index contributed by atoms with van der Waals surface area (Å²) in [4.78, 5) is 40.4. The zero-order valence-corrected chi connectivity index (χ0v) is 19.2. The Morgan fingerprint density at radius 1 is 1.16 bits per heavy atom. The number of benzene rings is 1. The quantitative estimate of drug-likeness (QED) is 0.363. The summed E-state index contributed by atoms with van der Waals surface area (Å²) < 4.78 is 12.1. The van der Waals surface area contributed by atoms with Crippen LogP contribution in [0.3, 0.4) is 0 Å². The minimum absolute atomic E-state index is 0.112. The average Bonchev–Trinajstić information content (AvgIpc) is 3.37. The first-order valence-corrected chi connectivity index (χ1v) is 10.5. The van der Waals surface area contributed by atoms with E-state index in [9.17, 15) is 14.4 Å². The van der Waals surface area contributed by atoms with Crippen LogP contribution in [0, 0.1) is 13.8 Å². The largest absolute Gasteiger partial charge is 0.467 e. The summed E-state index contributed by atoms with van der Waals surface area (Å²) in [7, 11) is 1.31. The summed E-state index contributed by atoms with van der Waals surface area (Å²) in [6, 6.07) is 10.0. The van der Waals surface area contributed by atoms with Crippen molar-refractivity contribution in [2.75, 3.05) is 13.7 Å². The first-order valence-electron chi connectivity index (χ1n) is 10.2. The normalized spacial score (nSPS) is 10.8. The van der Waals surface area contributed by atoms with Crippen LogP contribution in [0.2, 0.25) is 5.02 Å². The van der Waals surface area contributed by atoms with Gasteiger partial charge in [0.15, 0.2) is 5.78 Å². The third-order valence-electron chi connectivity index (χ3n) is 5.36. The summed E-state index contributed by atoms with van der Waals surface area (Å²) in [6.07, 6.45) is 1.51. The Bertz CT molecular complexity index is 1150. The van der Waals surface area contributed by atoms with Crippen molar-refractivity contribution < 1.29 is 23.5 Å². The summed E-state index contributed by atoms with van der Waals surface area (Å²) in [5, 5.41) is 0.426. The topological polar surface area (TPSA) is 81.8 Å². The van der Waals surface area contributed by atoms with Crippen molar-refractivity contribution in [3.8, 4) is 0 Å². The van der Waals surface area contributed by atoms with Crippen molar-refractivity contribution in [1.82, 2.24) is 9.47 Å². The summed E-state index contributed by atoms with van der Waals surface area (Å²) in [5.41, 5.74) is 2.31. The molecule has 0 N–H and O–H groups in total. The number of aromatic nitrogens is 1. The van der Waals surface area contributed by atoms with Gasteiger partial charge in [0.25, 0.3) is 5.91 Å². The molecule has 0 spiro atoms. The molecule has 0 aliphatic heterocycles. The molecule has 0 fully saturated rings. The van der Waals surface area contributed by atoms with Crippen molar-refractivity contribution in [2.45, 2.75) is 33.9 Å². The van der Waals surface area contributed by atoms with Crippen LogP contribution < -0.4 is 0 Å². The number of hydrogen-bond donors (Lipinski definition) is 0. The highest BCUT2D eigenvalue weighted by atomic mass is 35.5. The minimum Gasteiger partial charge on any atom is -0.467 e. The molecule has 0 saturated heterocycles. The predicted molar refractivity (Wildman–Crippen MR) is 120 cm³/mol. The molecule has 0 unspecified atom stereocenters. The molecule has 2 heterocycles. The summed E-state index contributed by atoms with van der Waals surface area (Å²) in [5.74, 6) is -0.591. The molecule has 0 radical (unpaired) electrons. The van der Waals surface area contributed by atoms with E-state index in [1.165, 1.54) is 18.3 Å². The molecule has 3 aromatic rings. The second-order valence-corrected chi connectivity index (χ2v) is 7.78. The second-order valence-electron chi connectivity index (χ2n) is 7.34. The Morgan fingerprint density at radius 3 is 2.50 bits per heavy atom. The van der Waals surface area contributed by atoms with E-state index in [0.29, 0.717) is 45.4 Å². The van der Waals surface area contributed by atoms with E-state index in [-0.39, 0.29) is 24.8 Å². The predicted octanol–water partition coefficient (Wildman–Crippen LogP) is 4.68. The maximum Gasteiger partial charge on any atom is 0.354 e. The molecule has 32 heavy (non-hydrogen) atoms. The van der Waals surface area contributed by atoms with Gasteiger partial charge in [-0.05, 0) is 56.7 Å². The second kappa shape index (κ2) is 9.87. The zero-order chi connectivity index (χ0) is 23.4. The van der Waals surface area contributed by atoms with Gasteiger partial charge in [0.2, 0.25) is 0 Å². The fraction of sp³-hybridized carbons (Fsp3) is 0.292. The van der Waals surface area contributed by atoms with Crippen LogP contribution in [0.5, 0.6) is 0 Å². The third kappa shape index (κ3) is 4.62. The number of nitrogens with zero attached hydrogens (tertiary/aromatic N) is 2. The number of ketones is 1. The molecule has 8 heteroatoms. The van der Waals surface area contributed by atoms with Gasteiger partial charge < -0.3 is 18.6 Å². The van der Waals surface area contributed by atoms with E-state index >= 15 is 0 Å². The van der Waals surface area contributed by atoms with Crippen LogP contribution in [-0.2, 0) is 17.8 Å². The molecular weight excluding hydrogens is 432 g/mol. The number of esters is 1. The highest BCUT2D eigenvalue weighted by Crippen LogP contribution is 2.25. The lowest BCUT2D eigenvalue weighted by atomic mass is 10.0. The Labute approximate surface area is 191 Å². The number of ether oxygens (including phenoxy) is 1. The molecule has 2 aromatic heterocycles. The van der Waals surface area contributed by atoms with E-state index in [1.807, 2.05) is 6.92 Å². The number of Topliss-reactive ketones (excluding diaryl/α,β-unsaturated/α-hetero) is 1. The number of hydrogen-bond acceptors (Lipinski definition) is 5. The number of rotatable bonds is 8. The average molecular weight is 457 g/mol. The summed E-state index contributed by atoms with van der Waals surface area (Å²) >= 11 is 6.06. The van der Waals surface area contributed by atoms with Gasteiger partial charge in [-0.25, -0.2) is 4.79 Å². The molecule has 0 bridgehead atoms. The third-order valence-corrected chi connectivity index (χ3v) is 5.60. The number of methoxy groups -OCH3 is 1. The van der Waals surface area contributed by atoms with Crippen molar-refractivity contribution in [2.24, 2.45) is 0 Å². The SMILES string of the molecule is CCn1c(C)c(C(=O)CN(Cc2ccco2)C(=O)c2cccc(Cl)c2)c(C)c1C(=O)OC. The zero-order valence-electron chi connectivity index (χ0n) is 18.5. The van der Waals surface area contributed by atoms with Gasteiger partial charge in [-0.15, -0.1) is 0 Å². The standard InChI is InChI=1S/C24H25ClN2O5/c1-5-27-16(3)21(15(2)22(27)24(30)31-4)20(28)14-26(13-19-10-7-11-32-19)23(29)17-8-6-9-18(25)12-17/h6-12H,5,13-14H2,1-4H3. The Morgan fingerprint density at radius 2 is 1.91 bits per heavy atom. The highest BCUT2D eigenvalue weighted by molar-refractivity contribution is 6.31. The molecule has 0 aliphatic carbocycles. The van der Waals surface area contributed by atoms with E-state index in [4.69, 9.17) is 20.8 Å². The van der Waals surface area contributed by atoms with Gasteiger partial charge in [0.1, 0.15) is 11.5 Å². The fourth-order valence-corrected chi connectivity index (χ4v) is 4.10. The summed E-state index contributed by atoms with van der Waals surface area (Å²) in [6.45, 7) is 5.81. The first kappa shape index (κ1) is 23.3. The van der Waals surface area contributed by atoms with E-state index in [1.54, 1.807) is 54.8 Å². The van der Waals surface area contributed by atoms with Gasteiger partial charge >= 0.3 is 5.97 Å². The number of halogens is 1. The minimum atomic E-state index is -0.506. The number of furan rings is 1. The molecule has 168 valence electrons. The lowest BCUT2D eigenvalue weighted by molar-refractivity contribution is 0.0587. The van der Waals surface area contributed by atoms with Gasteiger partial charge in [0.05, 0.1) is 26.5 Å². The Kier molecular flexibility index (Phi) is 7.20. The van der Waals surface area contributed by atoms with Gasteiger partial charge in [0, 0.05) is 28.4 Å². The van der Waals surface area contributed by atoms with Crippen molar-refractivity contribution >= 4 is 29.3 Å². The first-order chi connectivity index (χ1) is 15.3. The van der Waals surface area contributed by atoms with E-state index < -0.39 is 5.97 Å². The Balaban J connectivity index is 1.98. The monoisotopic (exact) mass is 456 g/mol. The molecule has 0 saturated carbocycles. The lowest BCUT2D eigenvalue weighted by Crippen LogP contribution is -2.35. The number of carbonyl (C=O) groups is 3. The van der Waals surface area contributed by atoms with Crippen molar-refractivity contribution in [3.05, 3.63) is 81.5 Å². The molecule has 1 aromatic carbocycles. The smallest absolute Gasteiger partial charge is 0.354 e. The van der Waals surface area contributed by atoms with Gasteiger partial charge in [-0.3, -0.25) is 9.59 Å². The van der Waals surface area contributed by atoms with Crippen LogP contribution in [0.25, 0.3) is 0 Å². The van der Waals surface area contributed by atoms with Crippen LogP contribution >= 0.6 is 11.6 Å². The van der Waals surface area contributed by atoms with Gasteiger partial charge in [-0.1, -0.05) is 17.7 Å². The number of carbonyl (C=O) groups excluding carboxylic acids is 3. The van der Waals surface area contributed by atoms with Crippen molar-refractivity contribution in [1.29, 1.82) is 0 Å². The maximum atomic E-state index is 13.4. The molecule has 0 atom stereocenters. The highest BCUT2D eigenvalue weighted by Gasteiger charge is 2.29. The van der Waals surface area contributed by atoms with Gasteiger partial charge in [-0.2, -0.15) is 0 Å². The van der Waals surface area contributed by atoms with Crippen LogP contribution in [0.4, 0.5) is 0 Å². The molecular formula is C24H25ClN2O5. The molecule has 0 aliphatic rings. The lowest BCUT2D eigenvalue weighted by Gasteiger charge is -2.21. The van der Waals surface area contributed by atoms with Crippen LogP contribution in [-0.4, -0.2) is 40.8 Å².